The Labute approximate surface area is 132 Å². The van der Waals surface area contributed by atoms with Gasteiger partial charge in [0.2, 0.25) is 0 Å². The van der Waals surface area contributed by atoms with Crippen LogP contribution in [0.2, 0.25) is 0 Å². The number of hydrogen-bond acceptors (Lipinski definition) is 2. The summed E-state index contributed by atoms with van der Waals surface area (Å²) in [5.41, 5.74) is 2.25. The Morgan fingerprint density at radius 3 is 2.95 bits per heavy atom. The van der Waals surface area contributed by atoms with Gasteiger partial charge in [0.05, 0.1) is 11.0 Å². The molecule has 2 nitrogen and oxygen atoms in total. The first-order valence-corrected chi connectivity index (χ1v) is 9.00. The number of benzene rings is 1. The summed E-state index contributed by atoms with van der Waals surface area (Å²) in [4.78, 5) is 4.71. The van der Waals surface area contributed by atoms with Crippen molar-refractivity contribution in [3.63, 3.8) is 0 Å². The molecule has 1 aromatic carbocycles. The summed E-state index contributed by atoms with van der Waals surface area (Å²) in [6, 6.07) is 6.28. The summed E-state index contributed by atoms with van der Waals surface area (Å²) in [7, 11) is 0. The molecular weight excluding hydrogens is 344 g/mol. The minimum atomic E-state index is 0.614. The molecule has 2 rings (SSSR count). The lowest BCUT2D eigenvalue weighted by Gasteiger charge is -2.12. The van der Waals surface area contributed by atoms with Gasteiger partial charge in [-0.3, -0.25) is 0 Å². The summed E-state index contributed by atoms with van der Waals surface area (Å²) in [6.45, 7) is 3.27. The van der Waals surface area contributed by atoms with Crippen LogP contribution in [-0.2, 0) is 13.0 Å². The van der Waals surface area contributed by atoms with Gasteiger partial charge >= 0.3 is 0 Å². The third-order valence-electron chi connectivity index (χ3n) is 3.27. The predicted octanol–water partition coefficient (Wildman–Crippen LogP) is 4.72. The average Bonchev–Trinajstić information content (AvgIpc) is 2.73. The van der Waals surface area contributed by atoms with E-state index < -0.39 is 0 Å². The minimum absolute atomic E-state index is 0.614. The van der Waals surface area contributed by atoms with Crippen LogP contribution < -0.4 is 0 Å². The quantitative estimate of drug-likeness (QED) is 0.693. The maximum Gasteiger partial charge on any atom is 0.111 e. The van der Waals surface area contributed by atoms with Gasteiger partial charge < -0.3 is 4.57 Å². The molecule has 0 bridgehead atoms. The Balaban J connectivity index is 2.34. The summed E-state index contributed by atoms with van der Waals surface area (Å²) in [5.74, 6) is 1.71. The normalized spacial score (nSPS) is 13.1. The van der Waals surface area contributed by atoms with Crippen LogP contribution in [0.3, 0.4) is 0 Å². The highest BCUT2D eigenvalue weighted by molar-refractivity contribution is 9.10. The van der Waals surface area contributed by atoms with Crippen LogP contribution in [0.1, 0.15) is 19.2 Å². The van der Waals surface area contributed by atoms with Crippen LogP contribution in [0.15, 0.2) is 22.7 Å². The molecule has 2 aromatic rings. The van der Waals surface area contributed by atoms with Crippen LogP contribution in [0, 0.1) is 0 Å². The number of thioether (sulfide) groups is 1. The SMILES string of the molecule is CSC(C)CCn1c(CCCl)nc2cc(Br)ccc21. The fraction of sp³-hybridized carbons (Fsp3) is 0.500. The molecule has 5 heteroatoms. The summed E-state index contributed by atoms with van der Waals surface area (Å²) in [5, 5.41) is 0.664. The van der Waals surface area contributed by atoms with Crippen molar-refractivity contribution in [1.29, 1.82) is 0 Å². The Hall–Kier alpha value is -0.190. The monoisotopic (exact) mass is 360 g/mol. The molecule has 0 aliphatic heterocycles. The van der Waals surface area contributed by atoms with Gasteiger partial charge in [0, 0.05) is 28.6 Å². The third kappa shape index (κ3) is 3.67. The van der Waals surface area contributed by atoms with E-state index in [0.717, 1.165) is 35.2 Å². The number of halogens is 2. The van der Waals surface area contributed by atoms with E-state index in [4.69, 9.17) is 16.6 Å². The fourth-order valence-corrected chi connectivity index (χ4v) is 2.97. The molecule has 0 radical (unpaired) electrons. The Morgan fingerprint density at radius 2 is 2.26 bits per heavy atom. The number of fused-ring (bicyclic) bond motifs is 1. The smallest absolute Gasteiger partial charge is 0.111 e. The molecule has 0 fully saturated rings. The summed E-state index contributed by atoms with van der Waals surface area (Å²) in [6.07, 6.45) is 4.13. The van der Waals surface area contributed by atoms with Gasteiger partial charge in [0.15, 0.2) is 0 Å². The van der Waals surface area contributed by atoms with Crippen molar-refractivity contribution in [1.82, 2.24) is 9.55 Å². The van der Waals surface area contributed by atoms with E-state index in [1.807, 2.05) is 11.8 Å². The number of aromatic nitrogens is 2. The van der Waals surface area contributed by atoms with E-state index in [1.54, 1.807) is 0 Å². The van der Waals surface area contributed by atoms with Crippen LogP contribution in [0.25, 0.3) is 11.0 Å². The molecule has 0 amide bonds. The van der Waals surface area contributed by atoms with Gasteiger partial charge in [-0.2, -0.15) is 11.8 Å². The molecule has 0 saturated heterocycles. The van der Waals surface area contributed by atoms with Gasteiger partial charge in [-0.25, -0.2) is 4.98 Å². The zero-order valence-corrected chi connectivity index (χ0v) is 14.4. The highest BCUT2D eigenvalue weighted by Gasteiger charge is 2.11. The number of imidazole rings is 1. The second-order valence-electron chi connectivity index (χ2n) is 4.59. The molecule has 0 saturated carbocycles. The molecule has 104 valence electrons. The van der Waals surface area contributed by atoms with Crippen molar-refractivity contribution in [2.24, 2.45) is 0 Å². The maximum atomic E-state index is 5.89. The van der Waals surface area contributed by atoms with E-state index in [0.29, 0.717) is 11.1 Å². The zero-order chi connectivity index (χ0) is 13.8. The second-order valence-corrected chi connectivity index (χ2v) is 7.16. The number of hydrogen-bond donors (Lipinski definition) is 0. The summed E-state index contributed by atoms with van der Waals surface area (Å²) < 4.78 is 3.39. The van der Waals surface area contributed by atoms with E-state index >= 15 is 0 Å². The van der Waals surface area contributed by atoms with Gasteiger partial charge in [0.1, 0.15) is 5.82 Å². The van der Waals surface area contributed by atoms with Crippen LogP contribution in [-0.4, -0.2) is 26.9 Å². The molecular formula is C14H18BrClN2S. The molecule has 19 heavy (non-hydrogen) atoms. The van der Waals surface area contributed by atoms with E-state index in [1.165, 1.54) is 5.52 Å². The average molecular weight is 362 g/mol. The topological polar surface area (TPSA) is 17.8 Å². The first kappa shape index (κ1) is 15.2. The van der Waals surface area contributed by atoms with Crippen molar-refractivity contribution in [3.05, 3.63) is 28.5 Å². The predicted molar refractivity (Wildman–Crippen MR) is 89.5 cm³/mol. The van der Waals surface area contributed by atoms with Gasteiger partial charge in [-0.15, -0.1) is 11.6 Å². The summed E-state index contributed by atoms with van der Waals surface area (Å²) >= 11 is 11.3. The molecule has 1 heterocycles. The van der Waals surface area contributed by atoms with Crippen molar-refractivity contribution < 1.29 is 0 Å². The lowest BCUT2D eigenvalue weighted by Crippen LogP contribution is -2.08. The lowest BCUT2D eigenvalue weighted by atomic mass is 10.3. The van der Waals surface area contributed by atoms with Crippen LogP contribution >= 0.6 is 39.3 Å². The molecule has 1 unspecified atom stereocenters. The fourth-order valence-electron chi connectivity index (χ4n) is 2.11. The molecule has 0 aliphatic carbocycles. The number of rotatable bonds is 6. The molecule has 1 atom stereocenters. The molecule has 0 spiro atoms. The number of aryl methyl sites for hydroxylation is 2. The molecule has 0 aliphatic rings. The van der Waals surface area contributed by atoms with Crippen LogP contribution in [0.5, 0.6) is 0 Å². The van der Waals surface area contributed by atoms with Crippen LogP contribution in [0.4, 0.5) is 0 Å². The van der Waals surface area contributed by atoms with Crippen molar-refractivity contribution in [2.45, 2.75) is 31.6 Å². The van der Waals surface area contributed by atoms with Gasteiger partial charge in [0.25, 0.3) is 0 Å². The third-order valence-corrected chi connectivity index (χ3v) is 4.99. The standard InChI is InChI=1S/C14H18BrClN2S/c1-10(19-2)6-8-18-13-4-3-11(15)9-12(13)17-14(18)5-7-16/h3-4,9-10H,5-8H2,1-2H3. The van der Waals surface area contributed by atoms with Gasteiger partial charge in [-0.1, -0.05) is 22.9 Å². The maximum absolute atomic E-state index is 5.89. The largest absolute Gasteiger partial charge is 0.328 e. The first-order valence-electron chi connectivity index (χ1n) is 6.39. The number of alkyl halides is 1. The lowest BCUT2D eigenvalue weighted by molar-refractivity contribution is 0.628. The minimum Gasteiger partial charge on any atom is -0.328 e. The van der Waals surface area contributed by atoms with E-state index in [-0.39, 0.29) is 0 Å². The second kappa shape index (κ2) is 7.00. The zero-order valence-electron chi connectivity index (χ0n) is 11.2. The van der Waals surface area contributed by atoms with Crippen molar-refractivity contribution >= 4 is 50.3 Å². The van der Waals surface area contributed by atoms with E-state index in [2.05, 4.69) is 51.9 Å². The highest BCUT2D eigenvalue weighted by atomic mass is 79.9. The first-order chi connectivity index (χ1) is 9.15. The highest BCUT2D eigenvalue weighted by Crippen LogP contribution is 2.23. The Bertz CT molecular complexity index is 556. The Kier molecular flexibility index (Phi) is 5.60. The van der Waals surface area contributed by atoms with Crippen molar-refractivity contribution in [3.8, 4) is 0 Å². The Morgan fingerprint density at radius 1 is 1.47 bits per heavy atom. The van der Waals surface area contributed by atoms with Gasteiger partial charge in [-0.05, 0) is 30.9 Å². The van der Waals surface area contributed by atoms with E-state index in [9.17, 15) is 0 Å². The van der Waals surface area contributed by atoms with Crippen molar-refractivity contribution in [2.75, 3.05) is 12.1 Å². The molecule has 0 N–H and O–H groups in total. The number of nitrogens with zero attached hydrogens (tertiary/aromatic N) is 2. The molecule has 1 aromatic heterocycles.